The van der Waals surface area contributed by atoms with Gasteiger partial charge >= 0.3 is 5.97 Å². The van der Waals surface area contributed by atoms with Crippen molar-refractivity contribution in [3.05, 3.63) is 62.3 Å². The van der Waals surface area contributed by atoms with E-state index in [1.54, 1.807) is 12.1 Å². The van der Waals surface area contributed by atoms with Crippen molar-refractivity contribution in [2.75, 3.05) is 0 Å². The highest BCUT2D eigenvalue weighted by Gasteiger charge is 2.34. The van der Waals surface area contributed by atoms with Crippen molar-refractivity contribution in [3.8, 4) is 0 Å². The number of benzene rings is 1. The minimum absolute atomic E-state index is 0.00773. The van der Waals surface area contributed by atoms with E-state index in [0.717, 1.165) is 41.7 Å². The number of carbonyl (C=O) groups is 1. The molecule has 0 radical (unpaired) electrons. The van der Waals surface area contributed by atoms with Crippen LogP contribution in [-0.4, -0.2) is 22.4 Å². The monoisotopic (exact) mass is 452 g/mol. The van der Waals surface area contributed by atoms with Gasteiger partial charge in [0, 0.05) is 9.90 Å². The first-order chi connectivity index (χ1) is 14.5. The normalized spacial score (nSPS) is 20.9. The summed E-state index contributed by atoms with van der Waals surface area (Å²) in [5.41, 5.74) is 1.67. The highest BCUT2D eigenvalue weighted by atomic mass is 35.5. The lowest BCUT2D eigenvalue weighted by Gasteiger charge is -2.18. The standard InChI is InChI=1S/C22H24ClFO3S.C2H6/c23-17-11-14(10-15(12-17)13-25)4-5-16-6-8-20(24)19(16)3-1-2-18-7-9-21(28-18)22(26)27;1-2/h4-5,7,9-12,16,19-20,25H,1-3,6,8,13H2,(H,26,27);1-2H3/b5-4+;/t16-,19+,20?;/m0./s1. The minimum Gasteiger partial charge on any atom is -0.477 e. The molecule has 164 valence electrons. The Bertz CT molecular complexity index is 849. The van der Waals surface area contributed by atoms with Gasteiger partial charge in [-0.3, -0.25) is 0 Å². The average molecular weight is 453 g/mol. The molecule has 3 nitrogen and oxygen atoms in total. The molecule has 0 aliphatic heterocycles. The Hall–Kier alpha value is -1.69. The molecule has 0 amide bonds. The topological polar surface area (TPSA) is 57.5 Å². The van der Waals surface area contributed by atoms with Crippen molar-refractivity contribution in [3.63, 3.8) is 0 Å². The van der Waals surface area contributed by atoms with E-state index < -0.39 is 12.1 Å². The second-order valence-electron chi connectivity index (χ2n) is 7.29. The molecule has 1 aromatic heterocycles. The van der Waals surface area contributed by atoms with Crippen LogP contribution in [0.5, 0.6) is 0 Å². The fourth-order valence-electron chi connectivity index (χ4n) is 3.92. The van der Waals surface area contributed by atoms with Gasteiger partial charge in [-0.1, -0.05) is 37.6 Å². The van der Waals surface area contributed by atoms with Crippen molar-refractivity contribution >= 4 is 35.0 Å². The van der Waals surface area contributed by atoms with Crippen LogP contribution in [0.4, 0.5) is 4.39 Å². The lowest BCUT2D eigenvalue weighted by molar-refractivity contribution is 0.0702. The highest BCUT2D eigenvalue weighted by Crippen LogP contribution is 2.39. The molecule has 2 N–H and O–H groups in total. The molecule has 6 heteroatoms. The second kappa shape index (κ2) is 12.2. The largest absolute Gasteiger partial charge is 0.477 e. The van der Waals surface area contributed by atoms with Gasteiger partial charge in [0.2, 0.25) is 0 Å². The molecule has 0 spiro atoms. The van der Waals surface area contributed by atoms with Crippen LogP contribution in [0.2, 0.25) is 5.02 Å². The predicted octanol–water partition coefficient (Wildman–Crippen LogP) is 7.02. The first-order valence-electron chi connectivity index (χ1n) is 10.5. The van der Waals surface area contributed by atoms with Gasteiger partial charge in [0.05, 0.1) is 6.61 Å². The SMILES string of the molecule is CC.O=C(O)c1ccc(CCC[C@H]2C(F)CC[C@@H]2/C=C/c2cc(Cl)cc(CO)c2)s1. The zero-order valence-corrected chi connectivity index (χ0v) is 19.1. The van der Waals surface area contributed by atoms with E-state index in [-0.39, 0.29) is 18.4 Å². The van der Waals surface area contributed by atoms with E-state index in [1.165, 1.54) is 11.3 Å². The number of aliphatic hydroxyl groups excluding tert-OH is 1. The number of halogens is 2. The van der Waals surface area contributed by atoms with Gasteiger partial charge in [0.15, 0.2) is 0 Å². The van der Waals surface area contributed by atoms with E-state index in [1.807, 2.05) is 38.1 Å². The van der Waals surface area contributed by atoms with Crippen LogP contribution < -0.4 is 0 Å². The van der Waals surface area contributed by atoms with Gasteiger partial charge in [0.25, 0.3) is 0 Å². The lowest BCUT2D eigenvalue weighted by Crippen LogP contribution is -2.14. The molecule has 1 heterocycles. The van der Waals surface area contributed by atoms with Crippen LogP contribution >= 0.6 is 22.9 Å². The van der Waals surface area contributed by atoms with Gasteiger partial charge < -0.3 is 10.2 Å². The molecule has 0 bridgehead atoms. The Morgan fingerprint density at radius 2 is 2.03 bits per heavy atom. The van der Waals surface area contributed by atoms with Crippen LogP contribution in [0.3, 0.4) is 0 Å². The molecule has 2 aromatic rings. The average Bonchev–Trinajstić information content (AvgIpc) is 3.35. The number of hydrogen-bond acceptors (Lipinski definition) is 3. The summed E-state index contributed by atoms with van der Waals surface area (Å²) >= 11 is 7.38. The molecule has 3 rings (SSSR count). The zero-order chi connectivity index (χ0) is 22.1. The van der Waals surface area contributed by atoms with E-state index in [2.05, 4.69) is 6.08 Å². The number of aromatic carboxylic acids is 1. The minimum atomic E-state index is -0.897. The third kappa shape index (κ3) is 6.93. The summed E-state index contributed by atoms with van der Waals surface area (Å²) in [4.78, 5) is 12.4. The maximum atomic E-state index is 14.4. The molecule has 1 saturated carbocycles. The number of hydrogen-bond donors (Lipinski definition) is 2. The van der Waals surface area contributed by atoms with Gasteiger partial charge in [-0.2, -0.15) is 0 Å². The van der Waals surface area contributed by atoms with E-state index >= 15 is 0 Å². The van der Waals surface area contributed by atoms with Crippen LogP contribution in [0.25, 0.3) is 6.08 Å². The van der Waals surface area contributed by atoms with Gasteiger partial charge in [-0.05, 0) is 85.4 Å². The zero-order valence-electron chi connectivity index (χ0n) is 17.5. The summed E-state index contributed by atoms with van der Waals surface area (Å²) in [5.74, 6) is -0.720. The summed E-state index contributed by atoms with van der Waals surface area (Å²) in [6.07, 6.45) is 7.08. The molecule has 1 aliphatic rings. The molecule has 30 heavy (non-hydrogen) atoms. The smallest absolute Gasteiger partial charge is 0.345 e. The summed E-state index contributed by atoms with van der Waals surface area (Å²) in [6.45, 7) is 3.94. The molecule has 0 saturated heterocycles. The first kappa shape index (κ1) is 24.6. The van der Waals surface area contributed by atoms with E-state index in [4.69, 9.17) is 16.7 Å². The van der Waals surface area contributed by atoms with Crippen molar-refractivity contribution in [2.45, 2.75) is 58.7 Å². The fourth-order valence-corrected chi connectivity index (χ4v) is 5.07. The lowest BCUT2D eigenvalue weighted by atomic mass is 9.89. The Morgan fingerprint density at radius 3 is 2.70 bits per heavy atom. The Labute approximate surface area is 187 Å². The van der Waals surface area contributed by atoms with Crippen molar-refractivity contribution in [2.24, 2.45) is 11.8 Å². The van der Waals surface area contributed by atoms with Crippen molar-refractivity contribution < 1.29 is 19.4 Å². The van der Waals surface area contributed by atoms with Crippen LogP contribution in [0.1, 0.15) is 65.2 Å². The Morgan fingerprint density at radius 1 is 1.27 bits per heavy atom. The quantitative estimate of drug-likeness (QED) is 0.452. The molecule has 1 fully saturated rings. The Balaban J connectivity index is 0.00000155. The molecule has 1 aromatic carbocycles. The number of rotatable bonds is 8. The number of alkyl halides is 1. The third-order valence-electron chi connectivity index (χ3n) is 5.32. The molecule has 1 unspecified atom stereocenters. The predicted molar refractivity (Wildman–Crippen MR) is 123 cm³/mol. The summed E-state index contributed by atoms with van der Waals surface area (Å²) in [7, 11) is 0. The maximum Gasteiger partial charge on any atom is 0.345 e. The van der Waals surface area contributed by atoms with Gasteiger partial charge in [0.1, 0.15) is 11.0 Å². The fraction of sp³-hybridized carbons (Fsp3) is 0.458. The molecular formula is C24H30ClFO3S. The molecular weight excluding hydrogens is 423 g/mol. The maximum absolute atomic E-state index is 14.4. The second-order valence-corrected chi connectivity index (χ2v) is 8.90. The number of carboxylic acid groups (broad SMARTS) is 1. The van der Waals surface area contributed by atoms with Gasteiger partial charge in [-0.25, -0.2) is 9.18 Å². The first-order valence-corrected chi connectivity index (χ1v) is 11.7. The summed E-state index contributed by atoms with van der Waals surface area (Å²) in [6, 6.07) is 8.94. The number of aryl methyl sites for hydroxylation is 1. The molecule has 1 aliphatic carbocycles. The third-order valence-corrected chi connectivity index (χ3v) is 6.67. The number of allylic oxidation sites excluding steroid dienone is 1. The van der Waals surface area contributed by atoms with E-state index in [0.29, 0.717) is 16.3 Å². The van der Waals surface area contributed by atoms with Crippen LogP contribution in [-0.2, 0) is 13.0 Å². The Kier molecular flexibility index (Phi) is 10.0. The molecule has 3 atom stereocenters. The highest BCUT2D eigenvalue weighted by molar-refractivity contribution is 7.13. The van der Waals surface area contributed by atoms with E-state index in [9.17, 15) is 14.3 Å². The van der Waals surface area contributed by atoms with Crippen LogP contribution in [0.15, 0.2) is 36.4 Å². The van der Waals surface area contributed by atoms with Crippen LogP contribution in [0, 0.1) is 11.8 Å². The summed E-state index contributed by atoms with van der Waals surface area (Å²) in [5, 5.41) is 18.9. The number of carboxylic acids is 1. The number of thiophene rings is 1. The van der Waals surface area contributed by atoms with Crippen molar-refractivity contribution in [1.82, 2.24) is 0 Å². The number of aliphatic hydroxyl groups is 1. The van der Waals surface area contributed by atoms with Crippen molar-refractivity contribution in [1.29, 1.82) is 0 Å². The summed E-state index contributed by atoms with van der Waals surface area (Å²) < 4.78 is 14.4. The van der Waals surface area contributed by atoms with Gasteiger partial charge in [-0.15, -0.1) is 11.3 Å².